The van der Waals surface area contributed by atoms with Crippen LogP contribution in [0.5, 0.6) is 5.75 Å². The van der Waals surface area contributed by atoms with Gasteiger partial charge in [0.25, 0.3) is 5.91 Å². The lowest BCUT2D eigenvalue weighted by atomic mass is 10.1. The number of rotatable bonds is 8. The van der Waals surface area contributed by atoms with Crippen molar-refractivity contribution in [3.8, 4) is 5.75 Å². The number of ether oxygens (including phenoxy) is 1. The predicted molar refractivity (Wildman–Crippen MR) is 109 cm³/mol. The third kappa shape index (κ3) is 6.06. The van der Waals surface area contributed by atoms with E-state index in [2.05, 4.69) is 22.3 Å². The molecule has 5 heteroatoms. The summed E-state index contributed by atoms with van der Waals surface area (Å²) < 4.78 is 18.7. The fraction of sp³-hybridized carbons (Fsp3) is 0.435. The lowest BCUT2D eigenvalue weighted by molar-refractivity contribution is -0.128. The van der Waals surface area contributed by atoms with Crippen LogP contribution in [0.1, 0.15) is 43.7 Å². The minimum Gasteiger partial charge on any atom is -0.481 e. The summed E-state index contributed by atoms with van der Waals surface area (Å²) in [6.07, 6.45) is 3.84. The van der Waals surface area contributed by atoms with Gasteiger partial charge in [-0.2, -0.15) is 0 Å². The zero-order chi connectivity index (χ0) is 19.8. The number of benzene rings is 2. The molecule has 0 aliphatic carbocycles. The molecule has 1 atom stereocenters. The third-order valence-electron chi connectivity index (χ3n) is 5.07. The number of nitrogens with one attached hydrogen (secondary N) is 1. The maximum Gasteiger partial charge on any atom is 0.261 e. The summed E-state index contributed by atoms with van der Waals surface area (Å²) in [4.78, 5) is 15.0. The van der Waals surface area contributed by atoms with Crippen molar-refractivity contribution in [2.24, 2.45) is 0 Å². The second kappa shape index (κ2) is 10.2. The van der Waals surface area contributed by atoms with E-state index in [0.29, 0.717) is 18.7 Å². The standard InChI is InChI=1S/C23H29FN2O2/c1-2-22(28-21-11-9-20(24)10-12-21)23(27)25-16-18-7-6-8-19(15-18)17-26-13-4-3-5-14-26/h6-12,15,22H,2-5,13-14,16-17H2,1H3,(H,25,27)/t22-/m1/s1. The number of halogens is 1. The maximum absolute atomic E-state index is 13.0. The zero-order valence-electron chi connectivity index (χ0n) is 16.5. The van der Waals surface area contributed by atoms with Crippen molar-refractivity contribution in [2.45, 2.75) is 51.8 Å². The molecule has 1 fully saturated rings. The Morgan fingerprint density at radius 2 is 1.82 bits per heavy atom. The average Bonchev–Trinajstić information content (AvgIpc) is 2.72. The molecule has 0 unspecified atom stereocenters. The van der Waals surface area contributed by atoms with Crippen LogP contribution in [-0.2, 0) is 17.9 Å². The Labute approximate surface area is 166 Å². The molecule has 1 aliphatic rings. The molecular formula is C23H29FN2O2. The molecule has 2 aromatic rings. The molecule has 1 heterocycles. The van der Waals surface area contributed by atoms with E-state index in [1.165, 1.54) is 62.2 Å². The van der Waals surface area contributed by atoms with Gasteiger partial charge in [-0.25, -0.2) is 4.39 Å². The highest BCUT2D eigenvalue weighted by Crippen LogP contribution is 2.16. The molecule has 0 radical (unpaired) electrons. The molecule has 1 saturated heterocycles. The van der Waals surface area contributed by atoms with Crippen molar-refractivity contribution < 1.29 is 13.9 Å². The Kier molecular flexibility index (Phi) is 7.43. The van der Waals surface area contributed by atoms with Crippen LogP contribution in [-0.4, -0.2) is 30.0 Å². The molecule has 150 valence electrons. The third-order valence-corrected chi connectivity index (χ3v) is 5.07. The van der Waals surface area contributed by atoms with Gasteiger partial charge in [-0.05, 0) is 67.7 Å². The van der Waals surface area contributed by atoms with E-state index in [1.54, 1.807) is 0 Å². The number of carbonyl (C=O) groups excluding carboxylic acids is 1. The van der Waals surface area contributed by atoms with Gasteiger partial charge in [-0.15, -0.1) is 0 Å². The lowest BCUT2D eigenvalue weighted by Crippen LogP contribution is -2.37. The first-order valence-corrected chi connectivity index (χ1v) is 10.1. The summed E-state index contributed by atoms with van der Waals surface area (Å²) in [6, 6.07) is 14.1. The van der Waals surface area contributed by atoms with E-state index in [1.807, 2.05) is 19.1 Å². The fourth-order valence-corrected chi connectivity index (χ4v) is 3.52. The van der Waals surface area contributed by atoms with Crippen LogP contribution in [0.4, 0.5) is 4.39 Å². The van der Waals surface area contributed by atoms with E-state index in [0.717, 1.165) is 12.1 Å². The van der Waals surface area contributed by atoms with Gasteiger partial charge in [-0.3, -0.25) is 9.69 Å². The lowest BCUT2D eigenvalue weighted by Gasteiger charge is -2.26. The maximum atomic E-state index is 13.0. The minimum absolute atomic E-state index is 0.159. The molecule has 0 bridgehead atoms. The average molecular weight is 384 g/mol. The summed E-state index contributed by atoms with van der Waals surface area (Å²) in [5.41, 5.74) is 2.36. The second-order valence-corrected chi connectivity index (χ2v) is 7.34. The first kappa shape index (κ1) is 20.3. The number of carbonyl (C=O) groups is 1. The second-order valence-electron chi connectivity index (χ2n) is 7.34. The molecule has 0 aromatic heterocycles. The Morgan fingerprint density at radius 1 is 1.11 bits per heavy atom. The monoisotopic (exact) mass is 384 g/mol. The zero-order valence-corrected chi connectivity index (χ0v) is 16.5. The van der Waals surface area contributed by atoms with E-state index < -0.39 is 6.10 Å². The molecule has 1 aliphatic heterocycles. The Hall–Kier alpha value is -2.40. The Bertz CT molecular complexity index is 757. The molecule has 0 saturated carbocycles. The summed E-state index contributed by atoms with van der Waals surface area (Å²) in [5, 5.41) is 2.96. The number of hydrogen-bond acceptors (Lipinski definition) is 3. The number of nitrogens with zero attached hydrogens (tertiary/aromatic N) is 1. The van der Waals surface area contributed by atoms with E-state index in [4.69, 9.17) is 4.74 Å². The number of hydrogen-bond donors (Lipinski definition) is 1. The van der Waals surface area contributed by atoms with Gasteiger partial charge >= 0.3 is 0 Å². The Morgan fingerprint density at radius 3 is 2.54 bits per heavy atom. The van der Waals surface area contributed by atoms with Gasteiger partial charge in [0, 0.05) is 13.1 Å². The van der Waals surface area contributed by atoms with E-state index >= 15 is 0 Å². The highest BCUT2D eigenvalue weighted by Gasteiger charge is 2.18. The van der Waals surface area contributed by atoms with E-state index in [9.17, 15) is 9.18 Å². The van der Waals surface area contributed by atoms with Crippen LogP contribution in [0, 0.1) is 5.82 Å². The van der Waals surface area contributed by atoms with Gasteiger partial charge in [0.05, 0.1) is 0 Å². The van der Waals surface area contributed by atoms with Crippen molar-refractivity contribution in [3.05, 3.63) is 65.5 Å². The molecule has 4 nitrogen and oxygen atoms in total. The molecule has 1 N–H and O–H groups in total. The topological polar surface area (TPSA) is 41.6 Å². The van der Waals surface area contributed by atoms with Crippen molar-refractivity contribution in [1.82, 2.24) is 10.2 Å². The van der Waals surface area contributed by atoms with Crippen LogP contribution in [0.2, 0.25) is 0 Å². The number of piperidine rings is 1. The van der Waals surface area contributed by atoms with Crippen LogP contribution in [0.15, 0.2) is 48.5 Å². The van der Waals surface area contributed by atoms with Crippen LogP contribution in [0.3, 0.4) is 0 Å². The first-order chi connectivity index (χ1) is 13.6. The molecule has 2 aromatic carbocycles. The summed E-state index contributed by atoms with van der Waals surface area (Å²) in [5.74, 6) is 0.00877. The predicted octanol–water partition coefficient (Wildman–Crippen LogP) is 4.29. The Balaban J connectivity index is 1.52. The normalized spacial score (nSPS) is 15.8. The van der Waals surface area contributed by atoms with Gasteiger partial charge in [0.15, 0.2) is 6.10 Å². The van der Waals surface area contributed by atoms with Crippen LogP contribution >= 0.6 is 0 Å². The highest BCUT2D eigenvalue weighted by atomic mass is 19.1. The number of likely N-dealkylation sites (tertiary alicyclic amines) is 1. The molecule has 0 spiro atoms. The smallest absolute Gasteiger partial charge is 0.261 e. The number of amides is 1. The van der Waals surface area contributed by atoms with Crippen molar-refractivity contribution in [2.75, 3.05) is 13.1 Å². The summed E-state index contributed by atoms with van der Waals surface area (Å²) >= 11 is 0. The SMILES string of the molecule is CC[C@@H](Oc1ccc(F)cc1)C(=O)NCc1cccc(CN2CCCCC2)c1. The molecule has 28 heavy (non-hydrogen) atoms. The summed E-state index contributed by atoms with van der Waals surface area (Å²) in [6.45, 7) is 5.66. The van der Waals surface area contributed by atoms with Crippen molar-refractivity contribution in [3.63, 3.8) is 0 Å². The fourth-order valence-electron chi connectivity index (χ4n) is 3.52. The molecule has 1 amide bonds. The quantitative estimate of drug-likeness (QED) is 0.738. The van der Waals surface area contributed by atoms with Crippen LogP contribution in [0.25, 0.3) is 0 Å². The largest absolute Gasteiger partial charge is 0.481 e. The highest BCUT2D eigenvalue weighted by molar-refractivity contribution is 5.81. The van der Waals surface area contributed by atoms with Gasteiger partial charge in [-0.1, -0.05) is 37.6 Å². The molecular weight excluding hydrogens is 355 g/mol. The van der Waals surface area contributed by atoms with Gasteiger partial charge < -0.3 is 10.1 Å². The van der Waals surface area contributed by atoms with Crippen molar-refractivity contribution >= 4 is 5.91 Å². The van der Waals surface area contributed by atoms with E-state index in [-0.39, 0.29) is 11.7 Å². The van der Waals surface area contributed by atoms with Gasteiger partial charge in [0.2, 0.25) is 0 Å². The summed E-state index contributed by atoms with van der Waals surface area (Å²) in [7, 11) is 0. The minimum atomic E-state index is -0.595. The first-order valence-electron chi connectivity index (χ1n) is 10.1. The van der Waals surface area contributed by atoms with Gasteiger partial charge in [0.1, 0.15) is 11.6 Å². The molecule has 3 rings (SSSR count). The van der Waals surface area contributed by atoms with Crippen LogP contribution < -0.4 is 10.1 Å². The van der Waals surface area contributed by atoms with Crippen molar-refractivity contribution in [1.29, 1.82) is 0 Å².